The molecule has 19 heavy (non-hydrogen) atoms. The van der Waals surface area contributed by atoms with Crippen LogP contribution in [-0.2, 0) is 0 Å². The second-order valence-electron chi connectivity index (χ2n) is 6.03. The number of aromatic nitrogens is 1. The molecule has 102 valence electrons. The van der Waals surface area contributed by atoms with Gasteiger partial charge in [0.05, 0.1) is 0 Å². The number of anilines is 1. The Hall–Kier alpha value is -1.62. The van der Waals surface area contributed by atoms with Gasteiger partial charge in [-0.2, -0.15) is 0 Å². The number of carbonyl (C=O) groups excluding carboxylic acids is 1. The molecule has 1 amide bonds. The van der Waals surface area contributed by atoms with Gasteiger partial charge in [0, 0.05) is 25.2 Å². The molecule has 2 aliphatic rings. The molecular weight excluding hydrogens is 240 g/mol. The summed E-state index contributed by atoms with van der Waals surface area (Å²) in [7, 11) is 0. The van der Waals surface area contributed by atoms with Crippen molar-refractivity contribution in [3.05, 3.63) is 23.9 Å². The van der Waals surface area contributed by atoms with E-state index in [1.165, 1.54) is 0 Å². The smallest absolute Gasteiger partial charge is 0.267 e. The minimum Gasteiger partial charge on any atom is -0.364 e. The summed E-state index contributed by atoms with van der Waals surface area (Å²) in [6.45, 7) is 7.62. The van der Waals surface area contributed by atoms with E-state index in [2.05, 4.69) is 29.0 Å². The van der Waals surface area contributed by atoms with E-state index >= 15 is 0 Å². The Kier molecular flexibility index (Phi) is 2.74. The highest BCUT2D eigenvalue weighted by Crippen LogP contribution is 2.42. The number of nitrogens with zero attached hydrogens (tertiary/aromatic N) is 2. The van der Waals surface area contributed by atoms with Gasteiger partial charge >= 0.3 is 0 Å². The quantitative estimate of drug-likeness (QED) is 0.817. The monoisotopic (exact) mass is 260 g/mol. The normalized spacial score (nSPS) is 28.4. The average Bonchev–Trinajstić information content (AvgIpc) is 2.92. The number of primary amides is 1. The second-order valence-corrected chi connectivity index (χ2v) is 6.03. The Morgan fingerprint density at radius 2 is 2.26 bits per heavy atom. The fraction of sp³-hybridized carbons (Fsp3) is 0.571. The van der Waals surface area contributed by atoms with Crippen molar-refractivity contribution in [2.45, 2.75) is 19.4 Å². The third-order valence-corrected chi connectivity index (χ3v) is 4.62. The second kappa shape index (κ2) is 4.20. The highest BCUT2D eigenvalue weighted by molar-refractivity contribution is 5.91. The predicted octanol–water partition coefficient (Wildman–Crippen LogP) is 0.615. The summed E-state index contributed by atoms with van der Waals surface area (Å²) in [4.78, 5) is 18.0. The molecule has 5 heteroatoms. The van der Waals surface area contributed by atoms with Crippen LogP contribution in [0.2, 0.25) is 0 Å². The standard InChI is InChI=1S/C14H20N4O/c1-14(2)10-7-16-6-9(10)8-18(14)12-5-3-4-11(17-12)13(15)19/h3-5,9-10,16H,6-8H2,1-2H3,(H2,15,19). The summed E-state index contributed by atoms with van der Waals surface area (Å²) < 4.78 is 0. The zero-order valence-corrected chi connectivity index (χ0v) is 11.4. The molecule has 3 heterocycles. The zero-order chi connectivity index (χ0) is 13.6. The van der Waals surface area contributed by atoms with Crippen molar-refractivity contribution >= 4 is 11.7 Å². The van der Waals surface area contributed by atoms with Crippen molar-refractivity contribution in [3.63, 3.8) is 0 Å². The first kappa shape index (κ1) is 12.4. The lowest BCUT2D eigenvalue weighted by Gasteiger charge is -2.36. The van der Waals surface area contributed by atoms with Gasteiger partial charge in [-0.1, -0.05) is 6.07 Å². The molecule has 0 aliphatic carbocycles. The molecule has 0 bridgehead atoms. The number of rotatable bonds is 2. The van der Waals surface area contributed by atoms with Crippen LogP contribution in [0, 0.1) is 11.8 Å². The molecular formula is C14H20N4O. The number of fused-ring (bicyclic) bond motifs is 1. The fourth-order valence-electron chi connectivity index (χ4n) is 3.52. The lowest BCUT2D eigenvalue weighted by molar-refractivity contribution is 0.0995. The highest BCUT2D eigenvalue weighted by Gasteiger charge is 2.49. The van der Waals surface area contributed by atoms with Crippen molar-refractivity contribution in [1.29, 1.82) is 0 Å². The van der Waals surface area contributed by atoms with E-state index in [1.807, 2.05) is 12.1 Å². The maximum Gasteiger partial charge on any atom is 0.267 e. The molecule has 2 unspecified atom stereocenters. The van der Waals surface area contributed by atoms with Crippen LogP contribution in [-0.4, -0.2) is 36.1 Å². The van der Waals surface area contributed by atoms with Gasteiger partial charge in [-0.25, -0.2) is 4.98 Å². The van der Waals surface area contributed by atoms with Gasteiger partial charge in [-0.05, 0) is 37.8 Å². The van der Waals surface area contributed by atoms with Gasteiger partial charge in [-0.15, -0.1) is 0 Å². The molecule has 3 rings (SSSR count). The van der Waals surface area contributed by atoms with Crippen molar-refractivity contribution in [2.24, 2.45) is 17.6 Å². The van der Waals surface area contributed by atoms with Gasteiger partial charge in [0.2, 0.25) is 0 Å². The number of pyridine rings is 1. The van der Waals surface area contributed by atoms with Crippen LogP contribution in [0.25, 0.3) is 0 Å². The molecule has 0 spiro atoms. The van der Waals surface area contributed by atoms with E-state index in [-0.39, 0.29) is 5.54 Å². The predicted molar refractivity (Wildman–Crippen MR) is 74.0 cm³/mol. The van der Waals surface area contributed by atoms with Gasteiger partial charge in [0.1, 0.15) is 11.5 Å². The number of amides is 1. The molecule has 0 aromatic carbocycles. The highest BCUT2D eigenvalue weighted by atomic mass is 16.1. The van der Waals surface area contributed by atoms with Gasteiger partial charge in [0.15, 0.2) is 0 Å². The van der Waals surface area contributed by atoms with Crippen LogP contribution < -0.4 is 16.0 Å². The molecule has 2 atom stereocenters. The van der Waals surface area contributed by atoms with Crippen LogP contribution in [0.3, 0.4) is 0 Å². The van der Waals surface area contributed by atoms with Crippen LogP contribution >= 0.6 is 0 Å². The molecule has 1 aromatic rings. The number of carbonyl (C=O) groups is 1. The van der Waals surface area contributed by atoms with Crippen molar-refractivity contribution < 1.29 is 4.79 Å². The van der Waals surface area contributed by atoms with E-state index in [9.17, 15) is 4.79 Å². The summed E-state index contributed by atoms with van der Waals surface area (Å²) in [6.07, 6.45) is 0. The molecule has 0 saturated carbocycles. The van der Waals surface area contributed by atoms with Crippen LogP contribution in [0.4, 0.5) is 5.82 Å². The SMILES string of the molecule is CC1(C)C2CNCC2CN1c1cccc(C(N)=O)n1. The zero-order valence-electron chi connectivity index (χ0n) is 11.4. The molecule has 0 radical (unpaired) electrons. The molecule has 2 saturated heterocycles. The number of hydrogen-bond acceptors (Lipinski definition) is 4. The Labute approximate surface area is 113 Å². The lowest BCUT2D eigenvalue weighted by atomic mass is 9.85. The Morgan fingerprint density at radius 3 is 2.95 bits per heavy atom. The largest absolute Gasteiger partial charge is 0.364 e. The molecule has 5 nitrogen and oxygen atoms in total. The Balaban J connectivity index is 1.94. The lowest BCUT2D eigenvalue weighted by Crippen LogP contribution is -2.45. The molecule has 1 aromatic heterocycles. The van der Waals surface area contributed by atoms with Crippen LogP contribution in [0.5, 0.6) is 0 Å². The van der Waals surface area contributed by atoms with Gasteiger partial charge < -0.3 is 16.0 Å². The molecule has 2 aliphatic heterocycles. The van der Waals surface area contributed by atoms with Crippen LogP contribution in [0.1, 0.15) is 24.3 Å². The number of nitrogens with two attached hydrogens (primary N) is 1. The summed E-state index contributed by atoms with van der Waals surface area (Å²) in [6, 6.07) is 5.48. The Bertz CT molecular complexity index is 514. The first-order chi connectivity index (χ1) is 9.00. The first-order valence-electron chi connectivity index (χ1n) is 6.75. The first-order valence-corrected chi connectivity index (χ1v) is 6.75. The van der Waals surface area contributed by atoms with Crippen molar-refractivity contribution in [1.82, 2.24) is 10.3 Å². The summed E-state index contributed by atoms with van der Waals surface area (Å²) in [5.74, 6) is 1.68. The fourth-order valence-corrected chi connectivity index (χ4v) is 3.52. The van der Waals surface area contributed by atoms with Crippen LogP contribution in [0.15, 0.2) is 18.2 Å². The van der Waals surface area contributed by atoms with Crippen molar-refractivity contribution in [3.8, 4) is 0 Å². The average molecular weight is 260 g/mol. The minimum atomic E-state index is -0.472. The van der Waals surface area contributed by atoms with Crippen molar-refractivity contribution in [2.75, 3.05) is 24.5 Å². The number of nitrogens with one attached hydrogen (secondary N) is 1. The van der Waals surface area contributed by atoms with E-state index in [4.69, 9.17) is 5.73 Å². The Morgan fingerprint density at radius 1 is 1.47 bits per heavy atom. The van der Waals surface area contributed by atoms with E-state index in [0.29, 0.717) is 17.5 Å². The van der Waals surface area contributed by atoms with E-state index in [0.717, 1.165) is 25.5 Å². The maximum absolute atomic E-state index is 11.3. The summed E-state index contributed by atoms with van der Waals surface area (Å²) in [5, 5.41) is 3.46. The molecule has 3 N–H and O–H groups in total. The van der Waals surface area contributed by atoms with Gasteiger partial charge in [-0.3, -0.25) is 4.79 Å². The van der Waals surface area contributed by atoms with E-state index < -0.39 is 5.91 Å². The van der Waals surface area contributed by atoms with Gasteiger partial charge in [0.25, 0.3) is 5.91 Å². The molecule has 2 fully saturated rings. The third-order valence-electron chi connectivity index (χ3n) is 4.62. The topological polar surface area (TPSA) is 71.2 Å². The number of hydrogen-bond donors (Lipinski definition) is 2. The maximum atomic E-state index is 11.3. The van der Waals surface area contributed by atoms with E-state index in [1.54, 1.807) is 6.07 Å². The summed E-state index contributed by atoms with van der Waals surface area (Å²) in [5.41, 5.74) is 5.70. The third kappa shape index (κ3) is 1.89. The minimum absolute atomic E-state index is 0.0530. The summed E-state index contributed by atoms with van der Waals surface area (Å²) >= 11 is 0.